The van der Waals surface area contributed by atoms with Gasteiger partial charge in [-0.25, -0.2) is 12.7 Å². The third-order valence-electron chi connectivity index (χ3n) is 5.62. The summed E-state index contributed by atoms with van der Waals surface area (Å²) in [4.78, 5) is 29.1. The molecule has 0 aromatic heterocycles. The number of benzene rings is 2. The van der Waals surface area contributed by atoms with E-state index in [-0.39, 0.29) is 29.7 Å². The van der Waals surface area contributed by atoms with Gasteiger partial charge in [0.15, 0.2) is 0 Å². The summed E-state index contributed by atoms with van der Waals surface area (Å²) in [7, 11) is -0.665. The number of carbonyl (C=O) groups excluding carboxylic acids is 2. The van der Waals surface area contributed by atoms with Crippen LogP contribution in [0.1, 0.15) is 11.1 Å². The Kier molecular flexibility index (Phi) is 8.12. The van der Waals surface area contributed by atoms with Gasteiger partial charge in [0.25, 0.3) is 0 Å². The molecule has 1 saturated heterocycles. The topological polar surface area (TPSA) is 90.0 Å². The van der Waals surface area contributed by atoms with Crippen LogP contribution < -0.4 is 5.32 Å². The summed E-state index contributed by atoms with van der Waals surface area (Å²) in [6.45, 7) is 4.11. The van der Waals surface area contributed by atoms with Crippen molar-refractivity contribution in [1.29, 1.82) is 0 Å². The highest BCUT2D eigenvalue weighted by Crippen LogP contribution is 2.22. The van der Waals surface area contributed by atoms with Gasteiger partial charge in [0.1, 0.15) is 0 Å². The molecule has 0 unspecified atom stereocenters. The van der Waals surface area contributed by atoms with Crippen LogP contribution in [0.4, 0.5) is 5.69 Å². The van der Waals surface area contributed by atoms with Gasteiger partial charge in [-0.05, 0) is 36.2 Å². The molecule has 1 aliphatic heterocycles. The van der Waals surface area contributed by atoms with Gasteiger partial charge in [0.05, 0.1) is 17.9 Å². The zero-order valence-electron chi connectivity index (χ0n) is 19.0. The molecule has 2 aromatic rings. The second kappa shape index (κ2) is 10.6. The molecule has 0 saturated carbocycles. The first kappa shape index (κ1) is 25.2. The Morgan fingerprint density at radius 3 is 2.36 bits per heavy atom. The van der Waals surface area contributed by atoms with Crippen molar-refractivity contribution in [3.63, 3.8) is 0 Å². The zero-order chi connectivity index (χ0) is 24.2. The zero-order valence-corrected chi connectivity index (χ0v) is 20.6. The summed E-state index contributed by atoms with van der Waals surface area (Å²) < 4.78 is 26.1. The molecular weight excluding hydrogens is 464 g/mol. The Morgan fingerprint density at radius 1 is 1.06 bits per heavy atom. The van der Waals surface area contributed by atoms with Gasteiger partial charge < -0.3 is 10.2 Å². The maximum absolute atomic E-state index is 12.6. The second-order valence-electron chi connectivity index (χ2n) is 8.24. The van der Waals surface area contributed by atoms with Gasteiger partial charge in [0.2, 0.25) is 21.8 Å². The number of nitrogens with zero attached hydrogens (tertiary/aromatic N) is 3. The normalized spacial score (nSPS) is 15.0. The maximum Gasteiger partial charge on any atom is 0.242 e. The van der Waals surface area contributed by atoms with Gasteiger partial charge in [-0.15, -0.1) is 0 Å². The lowest BCUT2D eigenvalue weighted by Gasteiger charge is -2.34. The van der Waals surface area contributed by atoms with Crippen LogP contribution in [0.15, 0.2) is 47.4 Å². The SMILES string of the molecule is Cc1ccc(NC(=O)CN2CCN(C(=O)Cc3ccccc3Cl)CC2)cc1S(=O)(=O)N(C)C. The number of nitrogens with one attached hydrogen (secondary N) is 1. The fourth-order valence-electron chi connectivity index (χ4n) is 3.63. The van der Waals surface area contributed by atoms with Crippen molar-refractivity contribution in [1.82, 2.24) is 14.1 Å². The molecule has 33 heavy (non-hydrogen) atoms. The van der Waals surface area contributed by atoms with Crippen LogP contribution in [0.5, 0.6) is 0 Å². The fourth-order valence-corrected chi connectivity index (χ4v) is 4.97. The standard InChI is InChI=1S/C23H29ClN4O4S/c1-17-8-9-19(15-21(17)33(31,32)26(2)3)25-22(29)16-27-10-12-28(13-11-27)23(30)14-18-6-4-5-7-20(18)24/h4-9,15H,10-14,16H2,1-3H3,(H,25,29). The van der Waals surface area contributed by atoms with E-state index < -0.39 is 10.0 Å². The fraction of sp³-hybridized carbons (Fsp3) is 0.391. The number of halogens is 1. The highest BCUT2D eigenvalue weighted by Gasteiger charge is 2.24. The number of aryl methyl sites for hydroxylation is 1. The van der Waals surface area contributed by atoms with Gasteiger partial charge in [-0.2, -0.15) is 0 Å². The molecule has 0 radical (unpaired) electrons. The van der Waals surface area contributed by atoms with E-state index in [2.05, 4.69) is 5.32 Å². The summed E-state index contributed by atoms with van der Waals surface area (Å²) in [6.07, 6.45) is 0.256. The number of amides is 2. The largest absolute Gasteiger partial charge is 0.340 e. The van der Waals surface area contributed by atoms with E-state index in [9.17, 15) is 18.0 Å². The maximum atomic E-state index is 12.6. The third kappa shape index (κ3) is 6.32. The summed E-state index contributed by atoms with van der Waals surface area (Å²) in [5, 5.41) is 3.36. The van der Waals surface area contributed by atoms with Crippen molar-refractivity contribution < 1.29 is 18.0 Å². The van der Waals surface area contributed by atoms with Gasteiger partial charge in [-0.3, -0.25) is 14.5 Å². The molecule has 178 valence electrons. The molecular formula is C23H29ClN4O4S. The minimum Gasteiger partial charge on any atom is -0.340 e. The Morgan fingerprint density at radius 2 is 1.73 bits per heavy atom. The van der Waals surface area contributed by atoms with Crippen molar-refractivity contribution in [3.8, 4) is 0 Å². The van der Waals surface area contributed by atoms with Crippen LogP contribution in [-0.2, 0) is 26.0 Å². The molecule has 1 aliphatic rings. The lowest BCUT2D eigenvalue weighted by atomic mass is 10.1. The van der Waals surface area contributed by atoms with Crippen LogP contribution in [0.3, 0.4) is 0 Å². The molecule has 10 heteroatoms. The molecule has 0 bridgehead atoms. The lowest BCUT2D eigenvalue weighted by molar-refractivity contribution is -0.132. The van der Waals surface area contributed by atoms with E-state index in [0.717, 1.165) is 9.87 Å². The average molecular weight is 493 g/mol. The number of hydrogen-bond acceptors (Lipinski definition) is 5. The quantitative estimate of drug-likeness (QED) is 0.640. The number of anilines is 1. The van der Waals surface area contributed by atoms with Crippen LogP contribution in [0.25, 0.3) is 0 Å². The van der Waals surface area contributed by atoms with Crippen LogP contribution in [-0.4, -0.2) is 81.2 Å². The lowest BCUT2D eigenvalue weighted by Crippen LogP contribution is -2.50. The van der Waals surface area contributed by atoms with E-state index in [0.29, 0.717) is 42.5 Å². The van der Waals surface area contributed by atoms with Crippen LogP contribution in [0, 0.1) is 6.92 Å². The van der Waals surface area contributed by atoms with Crippen molar-refractivity contribution >= 4 is 39.1 Å². The van der Waals surface area contributed by atoms with Crippen LogP contribution in [0.2, 0.25) is 5.02 Å². The smallest absolute Gasteiger partial charge is 0.242 e. The molecule has 8 nitrogen and oxygen atoms in total. The van der Waals surface area contributed by atoms with Gasteiger partial charge in [0, 0.05) is 51.0 Å². The first-order chi connectivity index (χ1) is 15.6. The van der Waals surface area contributed by atoms with E-state index >= 15 is 0 Å². The predicted molar refractivity (Wildman–Crippen MR) is 129 cm³/mol. The number of sulfonamides is 1. The second-order valence-corrected chi connectivity index (χ2v) is 10.8. The van der Waals surface area contributed by atoms with Gasteiger partial charge >= 0.3 is 0 Å². The number of piperazine rings is 1. The van der Waals surface area contributed by atoms with Gasteiger partial charge in [-0.1, -0.05) is 35.9 Å². The van der Waals surface area contributed by atoms with Crippen molar-refractivity contribution in [3.05, 3.63) is 58.6 Å². The minimum absolute atomic E-state index is 0.0153. The highest BCUT2D eigenvalue weighted by molar-refractivity contribution is 7.89. The summed E-state index contributed by atoms with van der Waals surface area (Å²) in [5.41, 5.74) is 1.85. The Hall–Kier alpha value is -2.46. The molecule has 1 fully saturated rings. The molecule has 2 amide bonds. The summed E-state index contributed by atoms with van der Waals surface area (Å²) >= 11 is 6.15. The summed E-state index contributed by atoms with van der Waals surface area (Å²) in [6, 6.07) is 12.2. The molecule has 3 rings (SSSR count). The molecule has 1 N–H and O–H groups in total. The molecule has 0 spiro atoms. The Bertz CT molecular complexity index is 1130. The van der Waals surface area contributed by atoms with E-state index in [4.69, 9.17) is 11.6 Å². The molecule has 0 aliphatic carbocycles. The number of hydrogen-bond donors (Lipinski definition) is 1. The average Bonchev–Trinajstić information content (AvgIpc) is 2.77. The van der Waals surface area contributed by atoms with Crippen molar-refractivity contribution in [2.24, 2.45) is 0 Å². The number of carbonyl (C=O) groups is 2. The third-order valence-corrected chi connectivity index (χ3v) is 7.95. The van der Waals surface area contributed by atoms with E-state index in [1.807, 2.05) is 23.1 Å². The van der Waals surface area contributed by atoms with Crippen LogP contribution >= 0.6 is 11.6 Å². The molecule has 2 aromatic carbocycles. The van der Waals surface area contributed by atoms with E-state index in [1.165, 1.54) is 20.2 Å². The first-order valence-corrected chi connectivity index (χ1v) is 12.5. The summed E-state index contributed by atoms with van der Waals surface area (Å²) in [5.74, 6) is -0.218. The van der Waals surface area contributed by atoms with Crippen molar-refractivity contribution in [2.75, 3.05) is 52.1 Å². The monoisotopic (exact) mass is 492 g/mol. The first-order valence-electron chi connectivity index (χ1n) is 10.6. The Labute approximate surface area is 200 Å². The number of rotatable bonds is 7. The van der Waals surface area contributed by atoms with E-state index in [1.54, 1.807) is 30.0 Å². The van der Waals surface area contributed by atoms with Crippen molar-refractivity contribution in [2.45, 2.75) is 18.2 Å². The Balaban J connectivity index is 1.53. The predicted octanol–water partition coefficient (Wildman–Crippen LogP) is 2.22. The highest BCUT2D eigenvalue weighted by atomic mass is 35.5. The molecule has 0 atom stereocenters. The minimum atomic E-state index is -3.61. The molecule has 1 heterocycles.